The zero-order chi connectivity index (χ0) is 23.2. The van der Waals surface area contributed by atoms with E-state index in [2.05, 4.69) is 10.3 Å². The van der Waals surface area contributed by atoms with Crippen LogP contribution in [-0.2, 0) is 22.6 Å². The molecule has 0 bridgehead atoms. The number of rotatable bonds is 8. The Hall–Kier alpha value is -3.49. The molecule has 0 spiro atoms. The standard InChI is InChI=1S/C25H27N3O5/c29-22(23(30)25(32)28-13-7-12-20(28)18-10-5-2-6-11-18)24(31)26-15-21-27-19(16-33-21)14-17-8-3-1-4-9-17/h1-6,8-11,16,20,22-23,29-30H,7,12-15H2,(H,26,31)/t20?,22-,23-/m1/s1. The van der Waals surface area contributed by atoms with Crippen LogP contribution < -0.4 is 5.32 Å². The second-order valence-corrected chi connectivity index (χ2v) is 8.10. The fourth-order valence-electron chi connectivity index (χ4n) is 4.08. The van der Waals surface area contributed by atoms with Crippen molar-refractivity contribution in [3.63, 3.8) is 0 Å². The van der Waals surface area contributed by atoms with Gasteiger partial charge < -0.3 is 24.8 Å². The maximum atomic E-state index is 12.8. The fourth-order valence-corrected chi connectivity index (χ4v) is 4.08. The molecule has 172 valence electrons. The van der Waals surface area contributed by atoms with Gasteiger partial charge in [-0.3, -0.25) is 9.59 Å². The van der Waals surface area contributed by atoms with Crippen molar-refractivity contribution in [1.82, 2.24) is 15.2 Å². The lowest BCUT2D eigenvalue weighted by Gasteiger charge is -2.28. The summed E-state index contributed by atoms with van der Waals surface area (Å²) in [6.07, 6.45) is -0.0936. The van der Waals surface area contributed by atoms with Gasteiger partial charge >= 0.3 is 0 Å². The average molecular weight is 450 g/mol. The summed E-state index contributed by atoms with van der Waals surface area (Å²) in [5, 5.41) is 23.2. The van der Waals surface area contributed by atoms with Gasteiger partial charge in [-0.15, -0.1) is 0 Å². The highest BCUT2D eigenvalue weighted by atomic mass is 16.4. The van der Waals surface area contributed by atoms with Crippen LogP contribution >= 0.6 is 0 Å². The van der Waals surface area contributed by atoms with Crippen LogP contribution in [-0.4, -0.2) is 50.7 Å². The summed E-state index contributed by atoms with van der Waals surface area (Å²) < 4.78 is 5.37. The van der Waals surface area contributed by atoms with Crippen LogP contribution in [0.1, 0.15) is 41.6 Å². The molecule has 1 saturated heterocycles. The van der Waals surface area contributed by atoms with Gasteiger partial charge in [0.1, 0.15) is 6.26 Å². The third kappa shape index (κ3) is 5.47. The van der Waals surface area contributed by atoms with E-state index in [0.717, 1.165) is 24.0 Å². The van der Waals surface area contributed by atoms with Crippen LogP contribution in [0.15, 0.2) is 71.3 Å². The molecular formula is C25H27N3O5. The SMILES string of the molecule is O=C(NCc1nc(Cc2ccccc2)co1)[C@H](O)[C@@H](O)C(=O)N1CCCC1c1ccccc1. The van der Waals surface area contributed by atoms with Crippen LogP contribution in [0.5, 0.6) is 0 Å². The number of aliphatic hydroxyl groups excluding tert-OH is 2. The summed E-state index contributed by atoms with van der Waals surface area (Å²) in [6, 6.07) is 19.1. The molecule has 0 saturated carbocycles. The van der Waals surface area contributed by atoms with Crippen LogP contribution in [0.2, 0.25) is 0 Å². The number of aliphatic hydroxyl groups is 2. The minimum Gasteiger partial charge on any atom is -0.447 e. The summed E-state index contributed by atoms with van der Waals surface area (Å²) in [4.78, 5) is 31.0. The highest BCUT2D eigenvalue weighted by molar-refractivity contribution is 5.91. The molecule has 8 heteroatoms. The minimum atomic E-state index is -1.90. The predicted molar refractivity (Wildman–Crippen MR) is 120 cm³/mol. The molecule has 1 fully saturated rings. The Kier molecular flexibility index (Phi) is 7.16. The van der Waals surface area contributed by atoms with Crippen molar-refractivity contribution >= 4 is 11.8 Å². The molecule has 1 aliphatic rings. The largest absolute Gasteiger partial charge is 0.447 e. The van der Waals surface area contributed by atoms with E-state index in [1.54, 1.807) is 0 Å². The van der Waals surface area contributed by atoms with E-state index in [1.165, 1.54) is 11.2 Å². The molecule has 33 heavy (non-hydrogen) atoms. The second kappa shape index (κ2) is 10.4. The van der Waals surface area contributed by atoms with Crippen LogP contribution in [0.4, 0.5) is 0 Å². The Morgan fingerprint density at radius 1 is 1.06 bits per heavy atom. The Bertz CT molecular complexity index is 1070. The third-order valence-electron chi connectivity index (χ3n) is 5.78. The Balaban J connectivity index is 1.31. The van der Waals surface area contributed by atoms with Crippen molar-refractivity contribution < 1.29 is 24.2 Å². The van der Waals surface area contributed by atoms with E-state index in [1.807, 2.05) is 60.7 Å². The van der Waals surface area contributed by atoms with Gasteiger partial charge in [-0.25, -0.2) is 4.98 Å². The summed E-state index contributed by atoms with van der Waals surface area (Å²) in [5.74, 6) is -1.26. The van der Waals surface area contributed by atoms with E-state index < -0.39 is 24.0 Å². The number of carbonyl (C=O) groups is 2. The molecule has 2 amide bonds. The summed E-state index contributed by atoms with van der Waals surface area (Å²) in [6.45, 7) is 0.395. The second-order valence-electron chi connectivity index (χ2n) is 8.10. The number of oxazole rings is 1. The first-order chi connectivity index (χ1) is 16.0. The van der Waals surface area contributed by atoms with Gasteiger partial charge in [-0.2, -0.15) is 0 Å². The van der Waals surface area contributed by atoms with E-state index in [-0.39, 0.29) is 18.5 Å². The van der Waals surface area contributed by atoms with E-state index in [4.69, 9.17) is 4.42 Å². The Morgan fingerprint density at radius 3 is 2.48 bits per heavy atom. The third-order valence-corrected chi connectivity index (χ3v) is 5.78. The normalized spacial score (nSPS) is 17.5. The average Bonchev–Trinajstić information content (AvgIpc) is 3.52. The first-order valence-corrected chi connectivity index (χ1v) is 11.0. The number of amides is 2. The molecule has 0 aliphatic carbocycles. The molecule has 2 heterocycles. The first-order valence-electron chi connectivity index (χ1n) is 11.0. The van der Waals surface area contributed by atoms with Gasteiger partial charge in [0.15, 0.2) is 12.2 Å². The van der Waals surface area contributed by atoms with Gasteiger partial charge in [0, 0.05) is 13.0 Å². The highest BCUT2D eigenvalue weighted by Crippen LogP contribution is 2.32. The quantitative estimate of drug-likeness (QED) is 0.484. The van der Waals surface area contributed by atoms with Crippen molar-refractivity contribution in [3.05, 3.63) is 89.6 Å². The van der Waals surface area contributed by atoms with Crippen LogP contribution in [0.25, 0.3) is 0 Å². The van der Waals surface area contributed by atoms with Crippen LogP contribution in [0.3, 0.4) is 0 Å². The zero-order valence-electron chi connectivity index (χ0n) is 18.1. The number of benzene rings is 2. The van der Waals surface area contributed by atoms with Gasteiger partial charge in [0.05, 0.1) is 18.3 Å². The lowest BCUT2D eigenvalue weighted by Crippen LogP contribution is -2.50. The van der Waals surface area contributed by atoms with Crippen molar-refractivity contribution in [2.45, 2.75) is 44.1 Å². The molecular weight excluding hydrogens is 422 g/mol. The van der Waals surface area contributed by atoms with Gasteiger partial charge in [-0.1, -0.05) is 60.7 Å². The number of hydrogen-bond donors (Lipinski definition) is 3. The summed E-state index contributed by atoms with van der Waals surface area (Å²) in [5.41, 5.74) is 2.75. The maximum Gasteiger partial charge on any atom is 0.255 e. The molecule has 0 radical (unpaired) electrons. The van der Waals surface area contributed by atoms with Gasteiger partial charge in [-0.05, 0) is 24.0 Å². The van der Waals surface area contributed by atoms with Crippen molar-refractivity contribution in [2.75, 3.05) is 6.54 Å². The van der Waals surface area contributed by atoms with Gasteiger partial charge in [0.2, 0.25) is 5.89 Å². The Morgan fingerprint density at radius 2 is 1.76 bits per heavy atom. The minimum absolute atomic E-state index is 0.0675. The molecule has 8 nitrogen and oxygen atoms in total. The summed E-state index contributed by atoms with van der Waals surface area (Å²) >= 11 is 0. The smallest absolute Gasteiger partial charge is 0.255 e. The lowest BCUT2D eigenvalue weighted by molar-refractivity contribution is -0.153. The highest BCUT2D eigenvalue weighted by Gasteiger charge is 2.38. The molecule has 1 aromatic heterocycles. The van der Waals surface area contributed by atoms with Gasteiger partial charge in [0.25, 0.3) is 11.8 Å². The van der Waals surface area contributed by atoms with Crippen molar-refractivity contribution in [3.8, 4) is 0 Å². The molecule has 1 aliphatic heterocycles. The number of nitrogens with zero attached hydrogens (tertiary/aromatic N) is 2. The molecule has 3 aromatic rings. The molecule has 2 aromatic carbocycles. The maximum absolute atomic E-state index is 12.8. The molecule has 1 unspecified atom stereocenters. The van der Waals surface area contributed by atoms with Crippen LogP contribution in [0, 0.1) is 0 Å². The summed E-state index contributed by atoms with van der Waals surface area (Å²) in [7, 11) is 0. The number of nitrogens with one attached hydrogen (secondary N) is 1. The number of hydrogen-bond acceptors (Lipinski definition) is 6. The van der Waals surface area contributed by atoms with E-state index in [0.29, 0.717) is 18.7 Å². The van der Waals surface area contributed by atoms with E-state index in [9.17, 15) is 19.8 Å². The lowest BCUT2D eigenvalue weighted by atomic mass is 10.0. The van der Waals surface area contributed by atoms with Crippen molar-refractivity contribution in [1.29, 1.82) is 0 Å². The monoisotopic (exact) mass is 449 g/mol. The topological polar surface area (TPSA) is 116 Å². The van der Waals surface area contributed by atoms with E-state index >= 15 is 0 Å². The molecule has 3 atom stereocenters. The number of carbonyl (C=O) groups excluding carboxylic acids is 2. The molecule has 3 N–H and O–H groups in total. The number of likely N-dealkylation sites (tertiary alicyclic amines) is 1. The first kappa shape index (κ1) is 22.7. The Labute approximate surface area is 191 Å². The fraction of sp³-hybridized carbons (Fsp3) is 0.320. The number of aromatic nitrogens is 1. The zero-order valence-corrected chi connectivity index (χ0v) is 18.1. The van der Waals surface area contributed by atoms with Crippen molar-refractivity contribution in [2.24, 2.45) is 0 Å². The molecule has 4 rings (SSSR count). The predicted octanol–water partition coefficient (Wildman–Crippen LogP) is 1.97.